The van der Waals surface area contributed by atoms with Gasteiger partial charge in [-0.1, -0.05) is 35.5 Å². The lowest BCUT2D eigenvalue weighted by Crippen LogP contribution is -2.46. The molecule has 1 aliphatic heterocycles. The van der Waals surface area contributed by atoms with Crippen molar-refractivity contribution in [2.24, 2.45) is 0 Å². The largest absolute Gasteiger partial charge is 0.376 e. The smallest absolute Gasteiger partial charge is 0.317 e. The van der Waals surface area contributed by atoms with Gasteiger partial charge in [-0.2, -0.15) is 4.98 Å². The fraction of sp³-hybridized carbons (Fsp3) is 0.550. The summed E-state index contributed by atoms with van der Waals surface area (Å²) < 4.78 is 10.7. The zero-order valence-electron chi connectivity index (χ0n) is 16.3. The highest BCUT2D eigenvalue weighted by Crippen LogP contribution is 2.43. The van der Waals surface area contributed by atoms with Crippen LogP contribution in [0.3, 0.4) is 0 Å². The molecule has 0 unspecified atom stereocenters. The molecule has 1 fully saturated rings. The maximum Gasteiger partial charge on any atom is 0.317 e. The molecule has 2 aromatic rings. The van der Waals surface area contributed by atoms with E-state index in [-0.39, 0.29) is 17.0 Å². The molecule has 1 aliphatic rings. The molecule has 27 heavy (non-hydrogen) atoms. The van der Waals surface area contributed by atoms with Crippen molar-refractivity contribution in [2.45, 2.75) is 50.7 Å². The zero-order chi connectivity index (χ0) is 19.3. The number of benzene rings is 1. The molecular formula is C20H28N4O3. The van der Waals surface area contributed by atoms with Crippen LogP contribution in [0.4, 0.5) is 4.79 Å². The molecule has 1 aromatic heterocycles. The Hall–Kier alpha value is -2.41. The summed E-state index contributed by atoms with van der Waals surface area (Å²) in [4.78, 5) is 17.9. The molecule has 0 saturated carbocycles. The Morgan fingerprint density at radius 2 is 2.07 bits per heavy atom. The van der Waals surface area contributed by atoms with Crippen molar-refractivity contribution in [1.29, 1.82) is 0 Å². The van der Waals surface area contributed by atoms with Gasteiger partial charge < -0.3 is 19.5 Å². The number of nitrogens with one attached hydrogen (secondary N) is 1. The minimum absolute atomic E-state index is 0.00251. The summed E-state index contributed by atoms with van der Waals surface area (Å²) in [5.41, 5.74) is 1.14. The number of hydrogen-bond donors (Lipinski definition) is 1. The molecule has 146 valence electrons. The van der Waals surface area contributed by atoms with Crippen LogP contribution in [0.2, 0.25) is 0 Å². The molecule has 0 aliphatic carbocycles. The van der Waals surface area contributed by atoms with Gasteiger partial charge in [-0.3, -0.25) is 0 Å². The molecule has 3 rings (SSSR count). The molecule has 0 bridgehead atoms. The molecule has 2 amide bonds. The third-order valence-corrected chi connectivity index (χ3v) is 5.24. The normalized spacial score (nSPS) is 21.6. The average molecular weight is 372 g/mol. The summed E-state index contributed by atoms with van der Waals surface area (Å²) >= 11 is 0. The van der Waals surface area contributed by atoms with E-state index in [0.29, 0.717) is 18.9 Å². The minimum atomic E-state index is -0.173. The number of ether oxygens (including phenoxy) is 1. The van der Waals surface area contributed by atoms with Crippen molar-refractivity contribution < 1.29 is 14.1 Å². The molecule has 1 saturated heterocycles. The van der Waals surface area contributed by atoms with Gasteiger partial charge in [-0.05, 0) is 38.7 Å². The number of carbonyl (C=O) groups excluding carboxylic acids is 1. The molecule has 1 atom stereocenters. The Bertz CT molecular complexity index is 733. The van der Waals surface area contributed by atoms with Gasteiger partial charge in [0.15, 0.2) is 5.82 Å². The second kappa shape index (κ2) is 8.08. The van der Waals surface area contributed by atoms with Gasteiger partial charge in [-0.15, -0.1) is 0 Å². The Morgan fingerprint density at radius 3 is 2.74 bits per heavy atom. The van der Waals surface area contributed by atoms with Crippen LogP contribution in [-0.2, 0) is 16.7 Å². The Kier molecular flexibility index (Phi) is 5.79. The van der Waals surface area contributed by atoms with Crippen molar-refractivity contribution in [3.8, 4) is 0 Å². The zero-order valence-corrected chi connectivity index (χ0v) is 16.3. The van der Waals surface area contributed by atoms with Gasteiger partial charge in [0.05, 0.1) is 12.1 Å². The highest BCUT2D eigenvalue weighted by molar-refractivity contribution is 5.73. The van der Waals surface area contributed by atoms with E-state index in [0.717, 1.165) is 25.9 Å². The van der Waals surface area contributed by atoms with Crippen molar-refractivity contribution in [3.63, 3.8) is 0 Å². The van der Waals surface area contributed by atoms with E-state index in [1.54, 1.807) is 11.9 Å². The van der Waals surface area contributed by atoms with Crippen molar-refractivity contribution in [3.05, 3.63) is 48.1 Å². The summed E-state index contributed by atoms with van der Waals surface area (Å²) in [6.45, 7) is 5.92. The lowest BCUT2D eigenvalue weighted by Gasteiger charge is -2.45. The lowest BCUT2D eigenvalue weighted by atomic mass is 9.67. The van der Waals surface area contributed by atoms with Crippen LogP contribution in [0.5, 0.6) is 0 Å². The molecule has 7 heteroatoms. The van der Waals surface area contributed by atoms with Crippen LogP contribution in [0.1, 0.15) is 44.5 Å². The third-order valence-electron chi connectivity index (χ3n) is 5.24. The summed E-state index contributed by atoms with van der Waals surface area (Å²) in [6, 6.07) is 10.4. The first-order valence-electron chi connectivity index (χ1n) is 9.34. The van der Waals surface area contributed by atoms with Crippen LogP contribution in [0.25, 0.3) is 0 Å². The number of carbonyl (C=O) groups is 1. The second-order valence-electron chi connectivity index (χ2n) is 7.87. The predicted molar refractivity (Wildman–Crippen MR) is 101 cm³/mol. The van der Waals surface area contributed by atoms with Gasteiger partial charge in [0, 0.05) is 25.6 Å². The van der Waals surface area contributed by atoms with Crippen LogP contribution in [-0.4, -0.2) is 46.9 Å². The number of urea groups is 1. The van der Waals surface area contributed by atoms with Gasteiger partial charge in [-0.25, -0.2) is 4.79 Å². The van der Waals surface area contributed by atoms with Gasteiger partial charge in [0.2, 0.25) is 6.39 Å². The maximum atomic E-state index is 12.4. The molecule has 1 aromatic carbocycles. The van der Waals surface area contributed by atoms with Crippen molar-refractivity contribution >= 4 is 6.03 Å². The summed E-state index contributed by atoms with van der Waals surface area (Å²) in [7, 11) is 1.72. The predicted octanol–water partition coefficient (Wildman–Crippen LogP) is 3.13. The molecule has 7 nitrogen and oxygen atoms in total. The SMILES string of the molecule is CN(Cc1ncon1)C(=O)NCC[C@]1(c2ccccc2)CCOC(C)(C)C1. The molecule has 0 radical (unpaired) electrons. The molecule has 0 spiro atoms. The average Bonchev–Trinajstić information content (AvgIpc) is 3.14. The third kappa shape index (κ3) is 4.86. The molecular weight excluding hydrogens is 344 g/mol. The summed E-state index contributed by atoms with van der Waals surface area (Å²) in [6.07, 6.45) is 4.01. The van der Waals surface area contributed by atoms with Crippen molar-refractivity contribution in [2.75, 3.05) is 20.2 Å². The Labute approximate surface area is 160 Å². The van der Waals surface area contributed by atoms with E-state index in [4.69, 9.17) is 9.26 Å². The Morgan fingerprint density at radius 1 is 1.30 bits per heavy atom. The highest BCUT2D eigenvalue weighted by Gasteiger charge is 2.41. The number of hydrogen-bond acceptors (Lipinski definition) is 5. The summed E-state index contributed by atoms with van der Waals surface area (Å²) in [5, 5.41) is 6.76. The van der Waals surface area contributed by atoms with Gasteiger partial charge in [0.1, 0.15) is 0 Å². The quantitative estimate of drug-likeness (QED) is 0.843. The molecule has 1 N–H and O–H groups in total. The monoisotopic (exact) mass is 372 g/mol. The van der Waals surface area contributed by atoms with Crippen molar-refractivity contribution in [1.82, 2.24) is 20.4 Å². The van der Waals surface area contributed by atoms with Crippen LogP contribution in [0, 0.1) is 0 Å². The second-order valence-corrected chi connectivity index (χ2v) is 7.87. The Balaban J connectivity index is 1.62. The van der Waals surface area contributed by atoms with E-state index < -0.39 is 0 Å². The van der Waals surface area contributed by atoms with Gasteiger partial charge >= 0.3 is 6.03 Å². The topological polar surface area (TPSA) is 80.5 Å². The van der Waals surface area contributed by atoms with Crippen LogP contribution < -0.4 is 5.32 Å². The first-order chi connectivity index (χ1) is 12.9. The number of aromatic nitrogens is 2. The van der Waals surface area contributed by atoms with Gasteiger partial charge in [0.25, 0.3) is 0 Å². The number of nitrogens with zero attached hydrogens (tertiary/aromatic N) is 3. The van der Waals surface area contributed by atoms with E-state index in [2.05, 4.69) is 53.6 Å². The molecule has 2 heterocycles. The number of amides is 2. The number of rotatable bonds is 6. The van der Waals surface area contributed by atoms with Crippen LogP contribution >= 0.6 is 0 Å². The highest BCUT2D eigenvalue weighted by atomic mass is 16.5. The minimum Gasteiger partial charge on any atom is -0.376 e. The van der Waals surface area contributed by atoms with E-state index in [9.17, 15) is 4.79 Å². The first-order valence-corrected chi connectivity index (χ1v) is 9.34. The first kappa shape index (κ1) is 19.4. The van der Waals surface area contributed by atoms with E-state index in [1.807, 2.05) is 6.07 Å². The summed E-state index contributed by atoms with van der Waals surface area (Å²) in [5.74, 6) is 0.486. The maximum absolute atomic E-state index is 12.4. The van der Waals surface area contributed by atoms with E-state index >= 15 is 0 Å². The fourth-order valence-corrected chi connectivity index (χ4v) is 3.96. The standard InChI is InChI=1S/C20H28N4O3/c1-19(2)14-20(10-12-26-19,16-7-5-4-6-8-16)9-11-21-18(25)24(3)13-17-22-15-27-23-17/h4-8,15H,9-14H2,1-3H3,(H,21,25)/t20-/m0/s1. The lowest BCUT2D eigenvalue weighted by molar-refractivity contribution is -0.0838. The van der Waals surface area contributed by atoms with Crippen LogP contribution in [0.15, 0.2) is 41.2 Å². The fourth-order valence-electron chi connectivity index (χ4n) is 3.96. The van der Waals surface area contributed by atoms with E-state index in [1.165, 1.54) is 12.0 Å².